The highest BCUT2D eigenvalue weighted by atomic mass is 32.2. The lowest BCUT2D eigenvalue weighted by molar-refractivity contribution is -0.144. The van der Waals surface area contributed by atoms with Crippen molar-refractivity contribution in [2.24, 2.45) is 17.4 Å². The van der Waals surface area contributed by atoms with E-state index in [-0.39, 0.29) is 44.5 Å². The van der Waals surface area contributed by atoms with Crippen LogP contribution in [-0.4, -0.2) is 76.0 Å². The predicted molar refractivity (Wildman–Crippen MR) is 111 cm³/mol. The zero-order valence-electron chi connectivity index (χ0n) is 16.7. The summed E-state index contributed by atoms with van der Waals surface area (Å²) in [5, 5.41) is 27.8. The minimum absolute atomic E-state index is 0.0418. The van der Waals surface area contributed by atoms with Crippen LogP contribution in [0.2, 0.25) is 6.32 Å². The van der Waals surface area contributed by atoms with Crippen LogP contribution >= 0.6 is 0 Å². The van der Waals surface area contributed by atoms with E-state index in [0.717, 1.165) is 9.87 Å². The third-order valence-corrected chi connectivity index (χ3v) is 7.91. The number of carboxylic acid groups (broad SMARTS) is 1. The lowest BCUT2D eigenvalue weighted by Crippen LogP contribution is -2.55. The van der Waals surface area contributed by atoms with Crippen molar-refractivity contribution in [2.75, 3.05) is 13.1 Å². The lowest BCUT2D eigenvalue weighted by Gasteiger charge is -2.28. The van der Waals surface area contributed by atoms with Crippen molar-refractivity contribution >= 4 is 23.3 Å². The molecule has 1 heterocycles. The van der Waals surface area contributed by atoms with Crippen LogP contribution < -0.4 is 11.5 Å². The van der Waals surface area contributed by atoms with E-state index in [0.29, 0.717) is 12.8 Å². The maximum atomic E-state index is 13.5. The molecule has 3 rings (SSSR count). The van der Waals surface area contributed by atoms with Gasteiger partial charge in [0.15, 0.2) is 0 Å². The number of nitrogens with two attached hydrogens (primary N) is 2. The molecule has 1 aromatic carbocycles. The molecule has 1 aliphatic carbocycles. The number of nitrogens with zero attached hydrogens (tertiary/aromatic N) is 2. The van der Waals surface area contributed by atoms with Crippen LogP contribution in [0.5, 0.6) is 0 Å². The van der Waals surface area contributed by atoms with Gasteiger partial charge in [-0.15, -0.1) is 0 Å². The topological polar surface area (TPSA) is 170 Å². The first-order valence-electron chi connectivity index (χ1n) is 10.0. The summed E-state index contributed by atoms with van der Waals surface area (Å²) in [4.78, 5) is 11.9. The molecule has 12 heteroatoms. The second-order valence-electron chi connectivity index (χ2n) is 8.25. The van der Waals surface area contributed by atoms with Gasteiger partial charge >= 0.3 is 13.1 Å². The fourth-order valence-electron chi connectivity index (χ4n) is 4.02. The highest BCUT2D eigenvalue weighted by Gasteiger charge is 2.55. The minimum atomic E-state index is -4.00. The molecule has 2 aliphatic rings. The number of benzene rings is 1. The number of carboxylic acids is 1. The average Bonchev–Trinajstić information content (AvgIpc) is 3.29. The molecule has 10 nitrogen and oxygen atoms in total. The average molecular weight is 440 g/mol. The Morgan fingerprint density at radius 3 is 2.47 bits per heavy atom. The standard InChI is InChI=1S/C18H29BN4O6S/c20-15-9-16(15)23(10-13-5-2-1-3-6-13)30(28,29)22-11-14(7-4-8-19(26)27)18(21,12-22)17(24)25/h1-3,5-6,14-16,26-27H,4,7-12,20-21H2,(H,24,25)/t14-,15?,16?,18-/m0/s1. The quantitative estimate of drug-likeness (QED) is 0.283. The second-order valence-corrected chi connectivity index (χ2v) is 10.1. The van der Waals surface area contributed by atoms with Gasteiger partial charge in [-0.05, 0) is 24.7 Å². The SMILES string of the molecule is NC1CC1N(Cc1ccccc1)S(=O)(=O)N1C[C@H](CCCB(O)O)[C@](N)(C(=O)O)C1. The molecule has 0 radical (unpaired) electrons. The molecule has 0 amide bonds. The first kappa shape index (κ1) is 23.1. The maximum absolute atomic E-state index is 13.5. The summed E-state index contributed by atoms with van der Waals surface area (Å²) >= 11 is 0. The van der Waals surface area contributed by atoms with Gasteiger partial charge in [0.1, 0.15) is 5.54 Å². The predicted octanol–water partition coefficient (Wildman–Crippen LogP) is -1.20. The van der Waals surface area contributed by atoms with Crippen molar-refractivity contribution < 1.29 is 28.4 Å². The molecule has 0 spiro atoms. The summed E-state index contributed by atoms with van der Waals surface area (Å²) in [6, 6.07) is 8.55. The summed E-state index contributed by atoms with van der Waals surface area (Å²) in [5.74, 6) is -1.91. The van der Waals surface area contributed by atoms with Crippen LogP contribution in [0, 0.1) is 5.92 Å². The third kappa shape index (κ3) is 4.85. The molecule has 0 bridgehead atoms. The Kier molecular flexibility index (Phi) is 6.87. The Balaban J connectivity index is 1.81. The summed E-state index contributed by atoms with van der Waals surface area (Å²) in [7, 11) is -5.50. The Morgan fingerprint density at radius 2 is 1.93 bits per heavy atom. The minimum Gasteiger partial charge on any atom is -0.480 e. The van der Waals surface area contributed by atoms with E-state index < -0.39 is 34.8 Å². The van der Waals surface area contributed by atoms with Gasteiger partial charge in [0.05, 0.1) is 0 Å². The summed E-state index contributed by atoms with van der Waals surface area (Å²) < 4.78 is 29.4. The maximum Gasteiger partial charge on any atom is 0.451 e. The number of aliphatic carboxylic acids is 1. The van der Waals surface area contributed by atoms with Crippen molar-refractivity contribution in [1.29, 1.82) is 0 Å². The largest absolute Gasteiger partial charge is 0.480 e. The molecule has 2 unspecified atom stereocenters. The van der Waals surface area contributed by atoms with Crippen molar-refractivity contribution in [1.82, 2.24) is 8.61 Å². The van der Waals surface area contributed by atoms with Gasteiger partial charge in [0, 0.05) is 37.6 Å². The Hall–Kier alpha value is -1.54. The Morgan fingerprint density at radius 1 is 1.30 bits per heavy atom. The van der Waals surface area contributed by atoms with E-state index in [1.807, 2.05) is 30.3 Å². The van der Waals surface area contributed by atoms with Crippen molar-refractivity contribution in [3.8, 4) is 0 Å². The van der Waals surface area contributed by atoms with E-state index in [1.54, 1.807) is 0 Å². The molecule has 1 saturated heterocycles. The van der Waals surface area contributed by atoms with Crippen LogP contribution in [0.3, 0.4) is 0 Å². The number of hydrogen-bond donors (Lipinski definition) is 5. The summed E-state index contributed by atoms with van der Waals surface area (Å²) in [5.41, 5.74) is 11.2. The van der Waals surface area contributed by atoms with E-state index >= 15 is 0 Å². The molecule has 1 aromatic rings. The van der Waals surface area contributed by atoms with Crippen LogP contribution in [0.15, 0.2) is 30.3 Å². The van der Waals surface area contributed by atoms with Crippen molar-refractivity contribution in [3.63, 3.8) is 0 Å². The van der Waals surface area contributed by atoms with Gasteiger partial charge in [-0.25, -0.2) is 0 Å². The Labute approximate surface area is 176 Å². The highest BCUT2D eigenvalue weighted by Crippen LogP contribution is 2.37. The smallest absolute Gasteiger partial charge is 0.451 e. The highest BCUT2D eigenvalue weighted by molar-refractivity contribution is 7.86. The van der Waals surface area contributed by atoms with Gasteiger partial charge < -0.3 is 26.6 Å². The third-order valence-electron chi connectivity index (χ3n) is 5.98. The first-order chi connectivity index (χ1) is 14.1. The molecule has 7 N–H and O–H groups in total. The molecule has 30 heavy (non-hydrogen) atoms. The molecule has 0 aromatic heterocycles. The van der Waals surface area contributed by atoms with E-state index in [2.05, 4.69) is 0 Å². The van der Waals surface area contributed by atoms with E-state index in [9.17, 15) is 18.3 Å². The number of rotatable bonds is 10. The molecule has 166 valence electrons. The normalized spacial score (nSPS) is 29.3. The lowest BCUT2D eigenvalue weighted by atomic mass is 9.78. The van der Waals surface area contributed by atoms with Crippen molar-refractivity contribution in [3.05, 3.63) is 35.9 Å². The van der Waals surface area contributed by atoms with Crippen LogP contribution in [0.1, 0.15) is 24.8 Å². The fraction of sp³-hybridized carbons (Fsp3) is 0.611. The van der Waals surface area contributed by atoms with Crippen LogP contribution in [0.4, 0.5) is 0 Å². The molecule has 1 aliphatic heterocycles. The zero-order chi connectivity index (χ0) is 22.1. The number of hydrogen-bond acceptors (Lipinski definition) is 7. The van der Waals surface area contributed by atoms with Gasteiger partial charge in [-0.1, -0.05) is 36.8 Å². The van der Waals surface area contributed by atoms with E-state index in [1.165, 1.54) is 4.31 Å². The van der Waals surface area contributed by atoms with Crippen LogP contribution in [0.25, 0.3) is 0 Å². The molecular weight excluding hydrogens is 411 g/mol. The van der Waals surface area contributed by atoms with Crippen LogP contribution in [-0.2, 0) is 21.5 Å². The van der Waals surface area contributed by atoms with Gasteiger partial charge in [-0.2, -0.15) is 17.0 Å². The first-order valence-corrected chi connectivity index (χ1v) is 11.4. The summed E-state index contributed by atoms with van der Waals surface area (Å²) in [6.45, 7) is -0.242. The molecule has 1 saturated carbocycles. The molecule has 4 atom stereocenters. The van der Waals surface area contributed by atoms with Gasteiger partial charge in [-0.3, -0.25) is 4.79 Å². The second kappa shape index (κ2) is 8.91. The monoisotopic (exact) mass is 440 g/mol. The summed E-state index contributed by atoms with van der Waals surface area (Å²) in [6.07, 6.45) is 1.21. The fourth-order valence-corrected chi connectivity index (χ4v) is 5.96. The zero-order valence-corrected chi connectivity index (χ0v) is 17.5. The molecule has 2 fully saturated rings. The van der Waals surface area contributed by atoms with Crippen molar-refractivity contribution in [2.45, 2.75) is 49.8 Å². The van der Waals surface area contributed by atoms with Gasteiger partial charge in [0.25, 0.3) is 10.2 Å². The number of carbonyl (C=O) groups is 1. The van der Waals surface area contributed by atoms with Gasteiger partial charge in [0.2, 0.25) is 0 Å². The Bertz CT molecular complexity index is 857. The molecular formula is C18H29BN4O6S. The van der Waals surface area contributed by atoms with E-state index in [4.69, 9.17) is 21.5 Å².